The molecular formula is C4H12N2. The normalized spacial score (nSPS) is 9.00. The van der Waals surface area contributed by atoms with Crippen LogP contribution in [0.1, 0.15) is 0 Å². The van der Waals surface area contributed by atoms with E-state index >= 15 is 0 Å². The number of nitrogens with two attached hydrogens (primary N) is 1. The predicted molar refractivity (Wildman–Crippen MR) is 26.1 cm³/mol. The van der Waals surface area contributed by atoms with Gasteiger partial charge in [-0.05, 0) is 7.05 Å². The monoisotopic (exact) mass is 88.1 g/mol. The predicted octanol–water partition coefficient (Wildman–Crippen LogP) is -1.44. The van der Waals surface area contributed by atoms with Crippen LogP contribution in [-0.4, -0.2) is 20.1 Å². The lowest BCUT2D eigenvalue weighted by atomic mass is 10.6. The van der Waals surface area contributed by atoms with E-state index in [2.05, 4.69) is 12.4 Å². The molecule has 0 heterocycles. The van der Waals surface area contributed by atoms with Gasteiger partial charge in [-0.25, -0.2) is 0 Å². The molecule has 2 nitrogen and oxygen atoms in total. The van der Waals surface area contributed by atoms with Gasteiger partial charge in [0.1, 0.15) is 0 Å². The number of hydrogen-bond donors (Lipinski definition) is 2. The van der Waals surface area contributed by atoms with E-state index in [0.717, 1.165) is 13.1 Å². The molecule has 0 spiro atoms. The molecule has 0 aromatic heterocycles. The highest BCUT2D eigenvalue weighted by Crippen LogP contribution is 1.36. The Bertz CT molecular complexity index is 17.5. The zero-order chi connectivity index (χ0) is 4.83. The van der Waals surface area contributed by atoms with Gasteiger partial charge in [-0.15, -0.1) is 0 Å². The first-order chi connectivity index (χ1) is 2.91. The van der Waals surface area contributed by atoms with E-state index in [0.29, 0.717) is 0 Å². The number of quaternary nitrogens is 1. The Kier molecular flexibility index (Phi) is 4.85. The fourth-order valence-corrected chi connectivity index (χ4v) is 0.246. The molecule has 0 amide bonds. The molecule has 3 N–H and O–H groups in total. The quantitative estimate of drug-likeness (QED) is 0.321. The Hall–Kier alpha value is -0.0800. The van der Waals surface area contributed by atoms with Crippen LogP contribution in [-0.2, 0) is 0 Å². The molecule has 0 fully saturated rings. The Morgan fingerprint density at radius 2 is 2.50 bits per heavy atom. The van der Waals surface area contributed by atoms with Gasteiger partial charge >= 0.3 is 0 Å². The van der Waals surface area contributed by atoms with Crippen LogP contribution in [0.3, 0.4) is 0 Å². The van der Waals surface area contributed by atoms with Crippen molar-refractivity contribution in [2.45, 2.75) is 0 Å². The maximum absolute atomic E-state index is 3.56. The molecule has 0 aliphatic rings. The Morgan fingerprint density at radius 3 is 2.67 bits per heavy atom. The number of rotatable bonds is 3. The van der Waals surface area contributed by atoms with Crippen molar-refractivity contribution in [2.24, 2.45) is 0 Å². The lowest BCUT2D eigenvalue weighted by Gasteiger charge is -1.95. The van der Waals surface area contributed by atoms with Crippen LogP contribution in [0.5, 0.6) is 0 Å². The maximum atomic E-state index is 3.56. The lowest BCUT2D eigenvalue weighted by molar-refractivity contribution is -0.593. The average molecular weight is 88.2 g/mol. The third-order valence-corrected chi connectivity index (χ3v) is 0.598. The van der Waals surface area contributed by atoms with Crippen molar-refractivity contribution in [3.05, 3.63) is 7.05 Å². The zero-order valence-electron chi connectivity index (χ0n) is 4.20. The molecule has 0 atom stereocenters. The minimum absolute atomic E-state index is 1.05. The molecule has 2 heteroatoms. The van der Waals surface area contributed by atoms with Crippen molar-refractivity contribution in [1.82, 2.24) is 5.32 Å². The highest BCUT2D eigenvalue weighted by molar-refractivity contribution is 4.27. The fourth-order valence-electron chi connectivity index (χ4n) is 0.246. The number of nitrogens with one attached hydrogen (secondary N) is 1. The van der Waals surface area contributed by atoms with Crippen LogP contribution >= 0.6 is 0 Å². The second-order valence-electron chi connectivity index (χ2n) is 1.18. The van der Waals surface area contributed by atoms with E-state index < -0.39 is 0 Å². The third-order valence-electron chi connectivity index (χ3n) is 0.598. The molecule has 0 bridgehead atoms. The Morgan fingerprint density at radius 1 is 1.83 bits per heavy atom. The van der Waals surface area contributed by atoms with Crippen LogP contribution in [0.2, 0.25) is 0 Å². The smallest absolute Gasteiger partial charge is 0.0642 e. The minimum atomic E-state index is 1.05. The maximum Gasteiger partial charge on any atom is 0.0642 e. The second kappa shape index (κ2) is 4.92. The van der Waals surface area contributed by atoms with Crippen molar-refractivity contribution >= 4 is 0 Å². The highest BCUT2D eigenvalue weighted by atomic mass is 14.9. The molecule has 0 aromatic rings. The first-order valence-electron chi connectivity index (χ1n) is 2.17. The van der Waals surface area contributed by atoms with Crippen molar-refractivity contribution < 1.29 is 5.32 Å². The Labute approximate surface area is 38.9 Å². The summed E-state index contributed by atoms with van der Waals surface area (Å²) in [5, 5.41) is 4.90. The third kappa shape index (κ3) is 3.92. The van der Waals surface area contributed by atoms with E-state index in [1.54, 1.807) is 0 Å². The second-order valence-corrected chi connectivity index (χ2v) is 1.18. The van der Waals surface area contributed by atoms with E-state index in [1.807, 2.05) is 12.4 Å². The van der Waals surface area contributed by atoms with Crippen LogP contribution < -0.4 is 10.6 Å². The summed E-state index contributed by atoms with van der Waals surface area (Å²) in [6.07, 6.45) is 0. The molecule has 0 aromatic carbocycles. The number of hydrogen-bond acceptors (Lipinski definition) is 1. The van der Waals surface area contributed by atoms with E-state index in [-0.39, 0.29) is 0 Å². The van der Waals surface area contributed by atoms with E-state index in [4.69, 9.17) is 0 Å². The summed E-state index contributed by atoms with van der Waals surface area (Å²) in [4.78, 5) is 0. The fraction of sp³-hybridized carbons (Fsp3) is 0.750. The molecular weight excluding hydrogens is 76.1 g/mol. The summed E-state index contributed by atoms with van der Waals surface area (Å²) in [6, 6.07) is 0. The SMILES string of the molecule is [CH2-][NH2+]CCNC. The summed E-state index contributed by atoms with van der Waals surface area (Å²) in [5.74, 6) is 0. The molecule has 6 heavy (non-hydrogen) atoms. The lowest BCUT2D eigenvalue weighted by Crippen LogP contribution is -2.78. The van der Waals surface area contributed by atoms with Gasteiger partial charge in [0, 0.05) is 6.54 Å². The summed E-state index contributed by atoms with van der Waals surface area (Å²) in [5.41, 5.74) is 0. The summed E-state index contributed by atoms with van der Waals surface area (Å²) in [6.45, 7) is 2.11. The Balaban J connectivity index is 2.34. The summed E-state index contributed by atoms with van der Waals surface area (Å²) < 4.78 is 0. The van der Waals surface area contributed by atoms with Crippen molar-refractivity contribution in [3.63, 3.8) is 0 Å². The number of likely N-dealkylation sites (N-methyl/N-ethyl adjacent to an activating group) is 1. The molecule has 38 valence electrons. The standard InChI is InChI=1S/C4H12N2/c1-5-3-4-6-2/h6H,1,3-5H2,2H3. The summed E-state index contributed by atoms with van der Waals surface area (Å²) >= 11 is 0. The molecule has 0 rings (SSSR count). The van der Waals surface area contributed by atoms with Gasteiger partial charge in [0.05, 0.1) is 6.54 Å². The van der Waals surface area contributed by atoms with Gasteiger partial charge in [-0.2, -0.15) is 7.05 Å². The summed E-state index contributed by atoms with van der Waals surface area (Å²) in [7, 11) is 5.49. The molecule has 0 unspecified atom stereocenters. The van der Waals surface area contributed by atoms with Crippen LogP contribution in [0, 0.1) is 7.05 Å². The topological polar surface area (TPSA) is 28.6 Å². The highest BCUT2D eigenvalue weighted by Gasteiger charge is 1.71. The van der Waals surface area contributed by atoms with Gasteiger partial charge in [-0.3, -0.25) is 0 Å². The first-order valence-corrected chi connectivity index (χ1v) is 2.17. The largest absolute Gasteiger partial charge is 0.478 e. The van der Waals surface area contributed by atoms with Gasteiger partial charge < -0.3 is 10.6 Å². The van der Waals surface area contributed by atoms with E-state index in [1.165, 1.54) is 0 Å². The van der Waals surface area contributed by atoms with Crippen molar-refractivity contribution in [2.75, 3.05) is 20.1 Å². The first kappa shape index (κ1) is 5.92. The van der Waals surface area contributed by atoms with Crippen molar-refractivity contribution in [1.29, 1.82) is 0 Å². The van der Waals surface area contributed by atoms with Crippen molar-refractivity contribution in [3.8, 4) is 0 Å². The van der Waals surface area contributed by atoms with Crippen LogP contribution in [0.25, 0.3) is 0 Å². The van der Waals surface area contributed by atoms with Gasteiger partial charge in [-0.1, -0.05) is 0 Å². The van der Waals surface area contributed by atoms with Gasteiger partial charge in [0.15, 0.2) is 0 Å². The average Bonchev–Trinajstić information content (AvgIpc) is 1.61. The molecule has 0 radical (unpaired) electrons. The minimum Gasteiger partial charge on any atom is -0.478 e. The molecule has 0 aliphatic heterocycles. The van der Waals surface area contributed by atoms with Gasteiger partial charge in [0.25, 0.3) is 0 Å². The van der Waals surface area contributed by atoms with E-state index in [9.17, 15) is 0 Å². The molecule has 0 aliphatic carbocycles. The molecule has 0 saturated carbocycles. The molecule has 0 saturated heterocycles. The van der Waals surface area contributed by atoms with Gasteiger partial charge in [0.2, 0.25) is 0 Å². The van der Waals surface area contributed by atoms with Crippen LogP contribution in [0.4, 0.5) is 0 Å². The van der Waals surface area contributed by atoms with Crippen LogP contribution in [0.15, 0.2) is 0 Å². The zero-order valence-corrected chi connectivity index (χ0v) is 4.20.